The maximum atomic E-state index is 4.02. The van der Waals surface area contributed by atoms with Crippen LogP contribution in [0.5, 0.6) is 0 Å². The van der Waals surface area contributed by atoms with Crippen LogP contribution in [0.3, 0.4) is 0 Å². The summed E-state index contributed by atoms with van der Waals surface area (Å²) >= 11 is 4.02. The van der Waals surface area contributed by atoms with Gasteiger partial charge in [0.1, 0.15) is 0 Å². The van der Waals surface area contributed by atoms with E-state index in [0.717, 1.165) is 12.3 Å². The third-order valence-corrected chi connectivity index (χ3v) is 1.10. The Bertz CT molecular complexity index is 21.6. The number of hydrogen-bond acceptors (Lipinski definition) is 1. The molecule has 0 aromatic heterocycles. The first-order valence-corrected chi connectivity index (χ1v) is 2.51. The van der Waals surface area contributed by atoms with E-state index in [1.807, 2.05) is 0 Å². The van der Waals surface area contributed by atoms with Crippen molar-refractivity contribution in [3.63, 3.8) is 0 Å². The molecule has 0 saturated carbocycles. The zero-order valence-corrected chi connectivity index (χ0v) is 4.63. The fourth-order valence-corrected chi connectivity index (χ4v) is 0. The fourth-order valence-electron chi connectivity index (χ4n) is 0. The molecule has 0 N–H and O–H groups in total. The van der Waals surface area contributed by atoms with Crippen LogP contribution in [0, 0.1) is 0 Å². The van der Waals surface area contributed by atoms with Gasteiger partial charge in [0.15, 0.2) is 6.56 Å². The summed E-state index contributed by atoms with van der Waals surface area (Å²) in [7, 11) is 2.15. The summed E-state index contributed by atoms with van der Waals surface area (Å²) in [4.78, 5) is 0. The molecule has 28 valence electrons. The van der Waals surface area contributed by atoms with Gasteiger partial charge in [-0.3, -0.25) is 0 Å². The van der Waals surface area contributed by atoms with E-state index in [1.54, 1.807) is 0 Å². The van der Waals surface area contributed by atoms with Gasteiger partial charge in [-0.15, -0.1) is 0 Å². The lowest BCUT2D eigenvalue weighted by atomic mass is 9.72. The van der Waals surface area contributed by atoms with Gasteiger partial charge in [-0.1, -0.05) is 12.6 Å². The van der Waals surface area contributed by atoms with Crippen molar-refractivity contribution in [3.8, 4) is 0 Å². The molecule has 5 heavy (non-hydrogen) atoms. The van der Waals surface area contributed by atoms with E-state index in [2.05, 4.69) is 27.2 Å². The normalized spacial score (nSPS) is 14.0. The van der Waals surface area contributed by atoms with E-state index in [0.29, 0.717) is 0 Å². The van der Waals surface area contributed by atoms with Crippen LogP contribution < -0.4 is 0 Å². The molecule has 0 aliphatic carbocycles. The Labute approximate surface area is 40.3 Å². The van der Waals surface area contributed by atoms with Crippen LogP contribution in [0.25, 0.3) is 0 Å². The monoisotopic (exact) mass is 86.1 g/mol. The average Bonchev–Trinajstić information content (AvgIpc) is 1.38. The molecular formula is C2H8B2S. The first-order valence-electron chi connectivity index (χ1n) is 1.88. The third-order valence-electron chi connectivity index (χ3n) is 0.365. The minimum atomic E-state index is 0.748. The largest absolute Gasteiger partial charge is 0.232 e. The van der Waals surface area contributed by atoms with E-state index < -0.39 is 0 Å². The lowest BCUT2D eigenvalue weighted by Crippen LogP contribution is -1.87. The summed E-state index contributed by atoms with van der Waals surface area (Å²) < 4.78 is 0. The molecule has 0 bridgehead atoms. The van der Waals surface area contributed by atoms with Crippen molar-refractivity contribution >= 4 is 26.9 Å². The van der Waals surface area contributed by atoms with Crippen LogP contribution in [-0.4, -0.2) is 14.4 Å². The summed E-state index contributed by atoms with van der Waals surface area (Å²) in [5, 5.41) is 0. The second-order valence-electron chi connectivity index (χ2n) is 1.58. The Morgan fingerprint density at radius 3 is 2.20 bits per heavy atom. The van der Waals surface area contributed by atoms with Gasteiger partial charge in [0.25, 0.3) is 0 Å². The van der Waals surface area contributed by atoms with Gasteiger partial charge in [-0.25, -0.2) is 12.5 Å². The van der Waals surface area contributed by atoms with Crippen molar-refractivity contribution < 1.29 is 0 Å². The van der Waals surface area contributed by atoms with E-state index in [-0.39, 0.29) is 0 Å². The molecule has 0 amide bonds. The maximum Gasteiger partial charge on any atom is 0.182 e. The molecule has 0 aliphatic heterocycles. The molecular weight excluding hydrogens is 77.7 g/mol. The summed E-state index contributed by atoms with van der Waals surface area (Å²) in [6, 6.07) is 0. The molecule has 0 aliphatic rings. The standard InChI is InChI=1S/C2H8B2S/c1-2(3)4-5/h2,4-5H,3H2,1H3. The van der Waals surface area contributed by atoms with E-state index in [1.165, 1.54) is 0 Å². The fraction of sp³-hybridized carbons (Fsp3) is 1.00. The van der Waals surface area contributed by atoms with Gasteiger partial charge in [0, 0.05) is 0 Å². The smallest absolute Gasteiger partial charge is 0.182 e. The van der Waals surface area contributed by atoms with Crippen molar-refractivity contribution in [2.45, 2.75) is 12.6 Å². The van der Waals surface area contributed by atoms with Crippen LogP contribution >= 0.6 is 12.5 Å². The van der Waals surface area contributed by atoms with Crippen LogP contribution in [0.1, 0.15) is 6.92 Å². The van der Waals surface area contributed by atoms with Crippen LogP contribution in [0.15, 0.2) is 0 Å². The minimum absolute atomic E-state index is 0.748. The van der Waals surface area contributed by atoms with Gasteiger partial charge in [-0.2, -0.15) is 0 Å². The maximum absolute atomic E-state index is 4.02. The molecule has 0 rings (SSSR count). The predicted molar refractivity (Wildman–Crippen MR) is 34.1 cm³/mol. The average molecular weight is 85.8 g/mol. The van der Waals surface area contributed by atoms with Crippen molar-refractivity contribution in [1.82, 2.24) is 0 Å². The molecule has 3 heteroatoms. The second kappa shape index (κ2) is 2.70. The molecule has 0 radical (unpaired) electrons. The molecule has 0 aromatic carbocycles. The highest BCUT2D eigenvalue weighted by atomic mass is 32.1. The molecule has 1 unspecified atom stereocenters. The highest BCUT2D eigenvalue weighted by Gasteiger charge is 1.85. The van der Waals surface area contributed by atoms with E-state index in [4.69, 9.17) is 0 Å². The number of thiol groups is 1. The van der Waals surface area contributed by atoms with Crippen LogP contribution in [-0.2, 0) is 0 Å². The van der Waals surface area contributed by atoms with E-state index >= 15 is 0 Å². The molecule has 0 saturated heterocycles. The van der Waals surface area contributed by atoms with Gasteiger partial charge in [0.2, 0.25) is 0 Å². The van der Waals surface area contributed by atoms with Crippen LogP contribution in [0.2, 0.25) is 5.72 Å². The Kier molecular flexibility index (Phi) is 2.96. The first kappa shape index (κ1) is 5.48. The molecule has 0 fully saturated rings. The highest BCUT2D eigenvalue weighted by molar-refractivity contribution is 8.07. The van der Waals surface area contributed by atoms with Gasteiger partial charge in [-0.05, 0) is 0 Å². The third kappa shape index (κ3) is 4.48. The summed E-state index contributed by atoms with van der Waals surface area (Å²) in [5.41, 5.74) is 0.748. The lowest BCUT2D eigenvalue weighted by Gasteiger charge is -1.86. The van der Waals surface area contributed by atoms with Gasteiger partial charge < -0.3 is 0 Å². The molecule has 0 nitrogen and oxygen atoms in total. The second-order valence-corrected chi connectivity index (χ2v) is 1.94. The van der Waals surface area contributed by atoms with Gasteiger partial charge >= 0.3 is 0 Å². The van der Waals surface area contributed by atoms with Crippen molar-refractivity contribution in [1.29, 1.82) is 0 Å². The molecule has 1 atom stereocenters. The van der Waals surface area contributed by atoms with Crippen molar-refractivity contribution in [2.75, 3.05) is 0 Å². The zero-order chi connectivity index (χ0) is 4.28. The quantitative estimate of drug-likeness (QED) is 0.327. The number of rotatable bonds is 1. The highest BCUT2D eigenvalue weighted by Crippen LogP contribution is 1.90. The van der Waals surface area contributed by atoms with Crippen molar-refractivity contribution in [2.24, 2.45) is 0 Å². The molecule has 0 heterocycles. The van der Waals surface area contributed by atoms with Gasteiger partial charge in [0.05, 0.1) is 7.85 Å². The summed E-state index contributed by atoms with van der Waals surface area (Å²) in [6.45, 7) is 3.15. The minimum Gasteiger partial charge on any atom is -0.232 e. The predicted octanol–water partition coefficient (Wildman–Crippen LogP) is -0.333. The summed E-state index contributed by atoms with van der Waals surface area (Å²) in [5.74, 6) is 0. The Morgan fingerprint density at radius 1 is 2.00 bits per heavy atom. The zero-order valence-electron chi connectivity index (χ0n) is 3.73. The lowest BCUT2D eigenvalue weighted by molar-refractivity contribution is 1.36. The Morgan fingerprint density at radius 2 is 2.20 bits per heavy atom. The molecule has 0 spiro atoms. The SMILES string of the molecule is BC(C)BS. The number of hydrogen-bond donors (Lipinski definition) is 1. The van der Waals surface area contributed by atoms with Crippen LogP contribution in [0.4, 0.5) is 0 Å². The molecule has 0 aromatic rings. The van der Waals surface area contributed by atoms with E-state index in [9.17, 15) is 0 Å². The summed E-state index contributed by atoms with van der Waals surface area (Å²) in [6.07, 6.45) is 0. The Balaban J connectivity index is 2.54. The Hall–Kier alpha value is 0.480. The first-order chi connectivity index (χ1) is 2.27. The van der Waals surface area contributed by atoms with Crippen molar-refractivity contribution in [3.05, 3.63) is 0 Å². The topological polar surface area (TPSA) is 0 Å².